The van der Waals surface area contributed by atoms with Crippen molar-refractivity contribution in [3.05, 3.63) is 60.2 Å². The van der Waals surface area contributed by atoms with Crippen LogP contribution in [0.5, 0.6) is 0 Å². The molecule has 0 aliphatic heterocycles. The standard InChI is InChI=1S/C18H21NO/c1-3-18(2,13-19)17(20)16-11-9-15(10-12-16)14-7-5-4-6-8-14/h4-12H,3,13,19H2,1-2H3. The van der Waals surface area contributed by atoms with Gasteiger partial charge in [0.15, 0.2) is 5.78 Å². The quantitative estimate of drug-likeness (QED) is 0.835. The van der Waals surface area contributed by atoms with Gasteiger partial charge in [0.2, 0.25) is 0 Å². The van der Waals surface area contributed by atoms with Crippen molar-refractivity contribution in [2.75, 3.05) is 6.54 Å². The van der Waals surface area contributed by atoms with Crippen LogP contribution in [-0.4, -0.2) is 12.3 Å². The van der Waals surface area contributed by atoms with Crippen molar-refractivity contribution in [1.29, 1.82) is 0 Å². The van der Waals surface area contributed by atoms with Gasteiger partial charge in [-0.2, -0.15) is 0 Å². The summed E-state index contributed by atoms with van der Waals surface area (Å²) in [6.45, 7) is 4.31. The molecule has 0 fully saturated rings. The second-order valence-corrected chi connectivity index (χ2v) is 5.39. The van der Waals surface area contributed by atoms with Crippen LogP contribution in [0, 0.1) is 5.41 Å². The monoisotopic (exact) mass is 267 g/mol. The lowest BCUT2D eigenvalue weighted by Gasteiger charge is -2.24. The van der Waals surface area contributed by atoms with E-state index < -0.39 is 5.41 Å². The van der Waals surface area contributed by atoms with E-state index in [0.717, 1.165) is 23.1 Å². The smallest absolute Gasteiger partial charge is 0.169 e. The summed E-state index contributed by atoms with van der Waals surface area (Å²) < 4.78 is 0. The molecule has 104 valence electrons. The van der Waals surface area contributed by atoms with E-state index in [1.807, 2.05) is 56.3 Å². The molecule has 0 saturated heterocycles. The minimum absolute atomic E-state index is 0.127. The molecule has 2 N–H and O–H groups in total. The average molecular weight is 267 g/mol. The van der Waals surface area contributed by atoms with Crippen LogP contribution in [0.2, 0.25) is 0 Å². The van der Waals surface area contributed by atoms with Gasteiger partial charge in [-0.05, 0) is 17.5 Å². The molecule has 2 aromatic rings. The first-order chi connectivity index (χ1) is 9.60. The van der Waals surface area contributed by atoms with Crippen LogP contribution in [-0.2, 0) is 0 Å². The van der Waals surface area contributed by atoms with Gasteiger partial charge < -0.3 is 5.73 Å². The van der Waals surface area contributed by atoms with Crippen LogP contribution < -0.4 is 5.73 Å². The minimum Gasteiger partial charge on any atom is -0.329 e. The number of Topliss-reactive ketones (excluding diaryl/α,β-unsaturated/α-hetero) is 1. The summed E-state index contributed by atoms with van der Waals surface area (Å²) in [6.07, 6.45) is 0.753. The fourth-order valence-electron chi connectivity index (χ4n) is 2.19. The van der Waals surface area contributed by atoms with Crippen LogP contribution >= 0.6 is 0 Å². The van der Waals surface area contributed by atoms with E-state index in [-0.39, 0.29) is 5.78 Å². The molecule has 1 atom stereocenters. The number of carbonyl (C=O) groups excluding carboxylic acids is 1. The zero-order chi connectivity index (χ0) is 14.6. The van der Waals surface area contributed by atoms with Crippen LogP contribution in [0.3, 0.4) is 0 Å². The molecule has 1 unspecified atom stereocenters. The lowest BCUT2D eigenvalue weighted by Crippen LogP contribution is -2.35. The Kier molecular flexibility index (Phi) is 4.35. The SMILES string of the molecule is CCC(C)(CN)C(=O)c1ccc(-c2ccccc2)cc1. The Morgan fingerprint density at radius 3 is 2.05 bits per heavy atom. The topological polar surface area (TPSA) is 43.1 Å². The molecule has 2 aromatic carbocycles. The summed E-state index contributed by atoms with van der Waals surface area (Å²) in [5.41, 5.74) is 8.30. The highest BCUT2D eigenvalue weighted by Gasteiger charge is 2.30. The van der Waals surface area contributed by atoms with Crippen molar-refractivity contribution in [2.45, 2.75) is 20.3 Å². The second kappa shape index (κ2) is 6.02. The van der Waals surface area contributed by atoms with Gasteiger partial charge in [-0.15, -0.1) is 0 Å². The maximum Gasteiger partial charge on any atom is 0.169 e. The Morgan fingerprint density at radius 1 is 1.00 bits per heavy atom. The fourth-order valence-corrected chi connectivity index (χ4v) is 2.19. The molecule has 2 rings (SSSR count). The zero-order valence-corrected chi connectivity index (χ0v) is 12.1. The highest BCUT2D eigenvalue weighted by atomic mass is 16.1. The number of carbonyl (C=O) groups is 1. The number of hydrogen-bond acceptors (Lipinski definition) is 2. The van der Waals surface area contributed by atoms with E-state index in [4.69, 9.17) is 5.73 Å². The Bertz CT molecular complexity index is 568. The maximum absolute atomic E-state index is 12.5. The summed E-state index contributed by atoms with van der Waals surface area (Å²) in [5.74, 6) is 0.127. The van der Waals surface area contributed by atoms with Gasteiger partial charge in [-0.3, -0.25) is 4.79 Å². The average Bonchev–Trinajstić information content (AvgIpc) is 2.54. The third-order valence-corrected chi connectivity index (χ3v) is 4.03. The number of hydrogen-bond donors (Lipinski definition) is 1. The van der Waals surface area contributed by atoms with Gasteiger partial charge in [-0.25, -0.2) is 0 Å². The van der Waals surface area contributed by atoms with Crippen molar-refractivity contribution in [1.82, 2.24) is 0 Å². The minimum atomic E-state index is -0.464. The first kappa shape index (κ1) is 14.5. The molecule has 2 nitrogen and oxygen atoms in total. The predicted molar refractivity (Wildman–Crippen MR) is 83.7 cm³/mol. The van der Waals surface area contributed by atoms with Crippen LogP contribution in [0.1, 0.15) is 30.6 Å². The van der Waals surface area contributed by atoms with E-state index in [9.17, 15) is 4.79 Å². The molecule has 0 saturated carbocycles. The van der Waals surface area contributed by atoms with Crippen molar-refractivity contribution < 1.29 is 4.79 Å². The normalized spacial score (nSPS) is 13.8. The molecule has 20 heavy (non-hydrogen) atoms. The van der Waals surface area contributed by atoms with Crippen molar-refractivity contribution in [3.8, 4) is 11.1 Å². The molecule has 0 spiro atoms. The Labute approximate surface area is 120 Å². The molecule has 0 bridgehead atoms. The van der Waals surface area contributed by atoms with E-state index in [1.54, 1.807) is 0 Å². The van der Waals surface area contributed by atoms with Crippen molar-refractivity contribution >= 4 is 5.78 Å². The maximum atomic E-state index is 12.5. The van der Waals surface area contributed by atoms with Gasteiger partial charge in [0.05, 0.1) is 0 Å². The molecular formula is C18H21NO. The lowest BCUT2D eigenvalue weighted by molar-refractivity contribution is 0.0820. The highest BCUT2D eigenvalue weighted by Crippen LogP contribution is 2.27. The summed E-state index contributed by atoms with van der Waals surface area (Å²) in [5, 5.41) is 0. The second-order valence-electron chi connectivity index (χ2n) is 5.39. The van der Waals surface area contributed by atoms with Crippen LogP contribution in [0.4, 0.5) is 0 Å². The van der Waals surface area contributed by atoms with Crippen LogP contribution in [0.25, 0.3) is 11.1 Å². The largest absolute Gasteiger partial charge is 0.329 e. The molecule has 0 aromatic heterocycles. The molecule has 2 heteroatoms. The first-order valence-electron chi connectivity index (χ1n) is 7.01. The van der Waals surface area contributed by atoms with Gasteiger partial charge in [0.25, 0.3) is 0 Å². The Hall–Kier alpha value is -1.93. The van der Waals surface area contributed by atoms with Gasteiger partial charge in [0, 0.05) is 17.5 Å². The molecule has 0 heterocycles. The van der Waals surface area contributed by atoms with Gasteiger partial charge in [0.1, 0.15) is 0 Å². The summed E-state index contributed by atoms with van der Waals surface area (Å²) >= 11 is 0. The van der Waals surface area contributed by atoms with Gasteiger partial charge in [-0.1, -0.05) is 68.4 Å². The fraction of sp³-hybridized carbons (Fsp3) is 0.278. The predicted octanol–water partition coefficient (Wildman–Crippen LogP) is 3.91. The molecule has 0 amide bonds. The summed E-state index contributed by atoms with van der Waals surface area (Å²) in [6, 6.07) is 17.9. The van der Waals surface area contributed by atoms with Crippen molar-refractivity contribution in [2.24, 2.45) is 11.1 Å². The Balaban J connectivity index is 2.27. The molecule has 0 radical (unpaired) electrons. The van der Waals surface area contributed by atoms with E-state index in [0.29, 0.717) is 6.54 Å². The van der Waals surface area contributed by atoms with Crippen molar-refractivity contribution in [3.63, 3.8) is 0 Å². The van der Waals surface area contributed by atoms with E-state index in [2.05, 4.69) is 12.1 Å². The summed E-state index contributed by atoms with van der Waals surface area (Å²) in [7, 11) is 0. The molecule has 0 aliphatic rings. The third kappa shape index (κ3) is 2.81. The van der Waals surface area contributed by atoms with Crippen LogP contribution in [0.15, 0.2) is 54.6 Å². The van der Waals surface area contributed by atoms with E-state index >= 15 is 0 Å². The molecule has 0 aliphatic carbocycles. The molecular weight excluding hydrogens is 246 g/mol. The Morgan fingerprint density at radius 2 is 1.55 bits per heavy atom. The highest BCUT2D eigenvalue weighted by molar-refractivity contribution is 6.00. The first-order valence-corrected chi connectivity index (χ1v) is 7.01. The number of nitrogens with two attached hydrogens (primary N) is 1. The number of rotatable bonds is 5. The summed E-state index contributed by atoms with van der Waals surface area (Å²) in [4.78, 5) is 12.5. The number of ketones is 1. The number of benzene rings is 2. The van der Waals surface area contributed by atoms with E-state index in [1.165, 1.54) is 0 Å². The third-order valence-electron chi connectivity index (χ3n) is 4.03. The lowest BCUT2D eigenvalue weighted by atomic mass is 9.80. The van der Waals surface area contributed by atoms with Gasteiger partial charge >= 0.3 is 0 Å². The zero-order valence-electron chi connectivity index (χ0n) is 12.1.